The van der Waals surface area contributed by atoms with Crippen molar-refractivity contribution in [1.82, 2.24) is 4.90 Å². The number of hydrogen-bond donors (Lipinski definition) is 0. The van der Waals surface area contributed by atoms with Gasteiger partial charge in [0.1, 0.15) is 5.60 Å². The summed E-state index contributed by atoms with van der Waals surface area (Å²) in [6, 6.07) is 0. The quantitative estimate of drug-likeness (QED) is 0.623. The molecule has 0 aliphatic carbocycles. The van der Waals surface area contributed by atoms with Crippen LogP contribution in [0.5, 0.6) is 0 Å². The molecule has 0 radical (unpaired) electrons. The van der Waals surface area contributed by atoms with Crippen molar-refractivity contribution in [2.75, 3.05) is 18.8 Å². The molecule has 2 aliphatic heterocycles. The molecule has 2 aliphatic rings. The van der Waals surface area contributed by atoms with Gasteiger partial charge in [0.2, 0.25) is 5.12 Å². The molecule has 2 fully saturated rings. The fraction of sp³-hybridized carbons (Fsp3) is 0.667. The summed E-state index contributed by atoms with van der Waals surface area (Å²) in [5.41, 5.74) is 1.57. The second-order valence-corrected chi connectivity index (χ2v) is 6.37. The summed E-state index contributed by atoms with van der Waals surface area (Å²) < 4.78 is 5.25. The van der Waals surface area contributed by atoms with Gasteiger partial charge in [0.05, 0.1) is 0 Å². The van der Waals surface area contributed by atoms with E-state index in [4.69, 9.17) is 4.74 Å². The summed E-state index contributed by atoms with van der Waals surface area (Å²) in [4.78, 5) is 24.8. The van der Waals surface area contributed by atoms with E-state index >= 15 is 0 Å². The largest absolute Gasteiger partial charge is 0.444 e. The first-order valence-electron chi connectivity index (χ1n) is 5.73. The molecule has 0 aromatic carbocycles. The maximum atomic E-state index is 11.7. The van der Waals surface area contributed by atoms with Gasteiger partial charge in [-0.3, -0.25) is 4.79 Å². The van der Waals surface area contributed by atoms with Crippen LogP contribution < -0.4 is 0 Å². The van der Waals surface area contributed by atoms with E-state index in [1.807, 2.05) is 20.8 Å². The van der Waals surface area contributed by atoms with E-state index < -0.39 is 5.60 Å². The van der Waals surface area contributed by atoms with Crippen molar-refractivity contribution in [2.24, 2.45) is 0 Å². The summed E-state index contributed by atoms with van der Waals surface area (Å²) >= 11 is 1.37. The third-order valence-corrected chi connectivity index (χ3v) is 3.59. The zero-order valence-corrected chi connectivity index (χ0v) is 11.2. The zero-order chi connectivity index (χ0) is 12.6. The van der Waals surface area contributed by atoms with Crippen LogP contribution in [0.4, 0.5) is 4.79 Å². The van der Waals surface area contributed by atoms with Crippen LogP contribution in [0.15, 0.2) is 11.1 Å². The first kappa shape index (κ1) is 12.5. The summed E-state index contributed by atoms with van der Waals surface area (Å²) in [6.07, 6.45) is 0.556. The Morgan fingerprint density at radius 1 is 1.35 bits per heavy atom. The summed E-state index contributed by atoms with van der Waals surface area (Å²) in [7, 11) is 0. The Morgan fingerprint density at radius 3 is 2.47 bits per heavy atom. The van der Waals surface area contributed by atoms with Gasteiger partial charge in [0.25, 0.3) is 0 Å². The molecule has 0 unspecified atom stereocenters. The minimum atomic E-state index is -0.459. The van der Waals surface area contributed by atoms with Crippen molar-refractivity contribution in [1.29, 1.82) is 0 Å². The van der Waals surface area contributed by atoms with Crippen LogP contribution in [0.2, 0.25) is 0 Å². The van der Waals surface area contributed by atoms with Gasteiger partial charge in [0, 0.05) is 24.4 Å². The summed E-state index contributed by atoms with van der Waals surface area (Å²) in [5, 5.41) is 0.184. The van der Waals surface area contributed by atoms with Crippen molar-refractivity contribution in [3.05, 3.63) is 11.1 Å². The molecular weight excluding hydrogens is 238 g/mol. The topological polar surface area (TPSA) is 46.6 Å². The van der Waals surface area contributed by atoms with Crippen LogP contribution in [0.25, 0.3) is 0 Å². The second-order valence-electron chi connectivity index (χ2n) is 5.30. The molecule has 4 nitrogen and oxygen atoms in total. The predicted molar refractivity (Wildman–Crippen MR) is 66.9 cm³/mol. The number of nitrogens with zero attached hydrogens (tertiary/aromatic N) is 1. The number of rotatable bonds is 0. The van der Waals surface area contributed by atoms with Gasteiger partial charge in [-0.25, -0.2) is 4.79 Å². The molecule has 2 heterocycles. The Kier molecular flexibility index (Phi) is 3.21. The minimum Gasteiger partial charge on any atom is -0.444 e. The first-order valence-corrected chi connectivity index (χ1v) is 6.71. The number of thioether (sulfide) groups is 1. The average Bonchev–Trinajstić information content (AvgIpc) is 2.46. The fourth-order valence-corrected chi connectivity index (χ4v) is 2.73. The Morgan fingerprint density at radius 2 is 2.00 bits per heavy atom. The van der Waals surface area contributed by atoms with Gasteiger partial charge in [-0.2, -0.15) is 0 Å². The average molecular weight is 255 g/mol. The molecule has 1 amide bonds. The van der Waals surface area contributed by atoms with Gasteiger partial charge in [0.15, 0.2) is 0 Å². The molecular formula is C12H17NO3S. The Balaban J connectivity index is 1.91. The highest BCUT2D eigenvalue weighted by molar-refractivity contribution is 8.14. The van der Waals surface area contributed by atoms with Crippen molar-refractivity contribution in [3.63, 3.8) is 0 Å². The maximum absolute atomic E-state index is 11.7. The Hall–Kier alpha value is -0.970. The number of ether oxygens (including phenoxy) is 1. The molecule has 17 heavy (non-hydrogen) atoms. The van der Waals surface area contributed by atoms with Gasteiger partial charge in [-0.1, -0.05) is 11.8 Å². The number of hydrogen-bond acceptors (Lipinski definition) is 4. The molecule has 2 rings (SSSR count). The van der Waals surface area contributed by atoms with E-state index in [0.717, 1.165) is 23.3 Å². The van der Waals surface area contributed by atoms with Gasteiger partial charge < -0.3 is 9.64 Å². The SMILES string of the molecule is CC(C)(C)OC(=O)N1CC(=C2CCSC2=O)C1. The molecule has 0 aromatic heterocycles. The first-order chi connectivity index (χ1) is 7.87. The molecule has 2 saturated heterocycles. The maximum Gasteiger partial charge on any atom is 0.410 e. The summed E-state index contributed by atoms with van der Waals surface area (Å²) in [6.45, 7) is 6.65. The van der Waals surface area contributed by atoms with Gasteiger partial charge >= 0.3 is 6.09 Å². The van der Waals surface area contributed by atoms with E-state index in [0.29, 0.717) is 13.1 Å². The van der Waals surface area contributed by atoms with E-state index in [9.17, 15) is 9.59 Å². The fourth-order valence-electron chi connectivity index (χ4n) is 1.82. The monoisotopic (exact) mass is 255 g/mol. The number of likely N-dealkylation sites (tertiary alicyclic amines) is 1. The third kappa shape index (κ3) is 2.83. The van der Waals surface area contributed by atoms with Crippen LogP contribution in [-0.4, -0.2) is 40.6 Å². The summed E-state index contributed by atoms with van der Waals surface area (Å²) in [5.74, 6) is 0.879. The lowest BCUT2D eigenvalue weighted by Gasteiger charge is -2.36. The van der Waals surface area contributed by atoms with Gasteiger partial charge in [-0.05, 0) is 32.8 Å². The van der Waals surface area contributed by atoms with Crippen LogP contribution in [0.1, 0.15) is 27.2 Å². The molecule has 5 heteroatoms. The lowest BCUT2D eigenvalue weighted by atomic mass is 10.0. The Bertz CT molecular complexity index is 387. The van der Waals surface area contributed by atoms with Crippen LogP contribution >= 0.6 is 11.8 Å². The van der Waals surface area contributed by atoms with Crippen LogP contribution in [0.3, 0.4) is 0 Å². The molecule has 0 spiro atoms. The smallest absolute Gasteiger partial charge is 0.410 e. The van der Waals surface area contributed by atoms with E-state index in [-0.39, 0.29) is 11.2 Å². The molecule has 0 aromatic rings. The molecule has 0 N–H and O–H groups in total. The standard InChI is InChI=1S/C12H17NO3S/c1-12(2,3)16-11(15)13-6-8(7-13)9-4-5-17-10(9)14/h4-7H2,1-3H3. The number of carbonyl (C=O) groups excluding carboxylic acids is 2. The lowest BCUT2D eigenvalue weighted by molar-refractivity contribution is -0.107. The van der Waals surface area contributed by atoms with Crippen molar-refractivity contribution in [3.8, 4) is 0 Å². The Labute approximate surface area is 105 Å². The van der Waals surface area contributed by atoms with Gasteiger partial charge in [-0.15, -0.1) is 0 Å². The lowest BCUT2D eigenvalue weighted by Crippen LogP contribution is -2.47. The highest BCUT2D eigenvalue weighted by atomic mass is 32.2. The highest BCUT2D eigenvalue weighted by Crippen LogP contribution is 2.31. The van der Waals surface area contributed by atoms with E-state index in [1.54, 1.807) is 4.90 Å². The van der Waals surface area contributed by atoms with Crippen molar-refractivity contribution < 1.29 is 14.3 Å². The molecule has 0 atom stereocenters. The normalized spacial score (nSPS) is 20.6. The predicted octanol–water partition coefficient (Wildman–Crippen LogP) is 2.20. The third-order valence-electron chi connectivity index (χ3n) is 2.67. The number of carbonyl (C=O) groups is 2. The van der Waals surface area contributed by atoms with Crippen LogP contribution in [-0.2, 0) is 9.53 Å². The molecule has 0 bridgehead atoms. The van der Waals surface area contributed by atoms with Crippen molar-refractivity contribution in [2.45, 2.75) is 32.8 Å². The molecule has 0 saturated carbocycles. The van der Waals surface area contributed by atoms with Crippen molar-refractivity contribution >= 4 is 23.0 Å². The zero-order valence-electron chi connectivity index (χ0n) is 10.4. The minimum absolute atomic E-state index is 0.184. The number of amides is 1. The second kappa shape index (κ2) is 4.37. The molecule has 94 valence electrons. The van der Waals surface area contributed by atoms with E-state index in [1.165, 1.54) is 11.8 Å². The van der Waals surface area contributed by atoms with E-state index in [2.05, 4.69) is 0 Å². The van der Waals surface area contributed by atoms with Crippen LogP contribution in [0, 0.1) is 0 Å². The highest BCUT2D eigenvalue weighted by Gasteiger charge is 2.34.